The number of rotatable bonds is 34. The van der Waals surface area contributed by atoms with Gasteiger partial charge in [-0.2, -0.15) is 0 Å². The van der Waals surface area contributed by atoms with Gasteiger partial charge in [-0.1, -0.05) is 140 Å². The number of unbranched alkanes of at least 4 members (excludes halogenated alkanes) is 20. The molecule has 3 atom stereocenters. The van der Waals surface area contributed by atoms with Crippen molar-refractivity contribution in [2.75, 3.05) is 6.61 Å². The summed E-state index contributed by atoms with van der Waals surface area (Å²) in [7, 11) is 0. The van der Waals surface area contributed by atoms with Gasteiger partial charge >= 0.3 is 0 Å². The normalized spacial score (nSPS) is 14.2. The molecule has 264 valence electrons. The predicted octanol–water partition coefficient (Wildman–Crippen LogP) is 10.4. The van der Waals surface area contributed by atoms with Gasteiger partial charge in [0.2, 0.25) is 5.91 Å². The van der Waals surface area contributed by atoms with Crippen molar-refractivity contribution in [3.05, 3.63) is 36.5 Å². The van der Waals surface area contributed by atoms with E-state index in [4.69, 9.17) is 0 Å². The number of carbonyl (C=O) groups is 1. The fourth-order valence-corrected chi connectivity index (χ4v) is 5.64. The fraction of sp³-hybridized carbons (Fsp3) is 0.825. The van der Waals surface area contributed by atoms with Crippen molar-refractivity contribution in [1.29, 1.82) is 0 Å². The van der Waals surface area contributed by atoms with Crippen LogP contribution in [0.15, 0.2) is 36.5 Å². The molecule has 3 unspecified atom stereocenters. The summed E-state index contributed by atoms with van der Waals surface area (Å²) >= 11 is 0. The molecular weight excluding hydrogens is 558 g/mol. The zero-order chi connectivity index (χ0) is 33.1. The largest absolute Gasteiger partial charge is 0.394 e. The second-order valence-electron chi connectivity index (χ2n) is 13.1. The topological polar surface area (TPSA) is 89.8 Å². The summed E-state index contributed by atoms with van der Waals surface area (Å²) in [5.41, 5.74) is 0. The standard InChI is InChI=1S/C40H75NO4/c1-3-5-7-9-11-13-15-17-18-19-20-21-22-23-25-27-29-31-33-35-39(44)41-37(36-42)40(45)38(43)34-32-30-28-26-24-16-14-12-10-8-6-4-2/h12,14,19-20,26,28,37-38,40,42-43,45H,3-11,13,15-18,21-25,27,29-36H2,1-2H3,(H,41,44)/b14-12+,20-19-,28-26+. The van der Waals surface area contributed by atoms with Gasteiger partial charge in [0.15, 0.2) is 0 Å². The van der Waals surface area contributed by atoms with E-state index in [1.165, 1.54) is 116 Å². The van der Waals surface area contributed by atoms with E-state index in [0.717, 1.165) is 44.9 Å². The Morgan fingerprint density at radius 3 is 1.40 bits per heavy atom. The second-order valence-corrected chi connectivity index (χ2v) is 13.1. The van der Waals surface area contributed by atoms with Crippen molar-refractivity contribution in [3.63, 3.8) is 0 Å². The van der Waals surface area contributed by atoms with E-state index < -0.39 is 18.2 Å². The molecule has 4 N–H and O–H groups in total. The minimum Gasteiger partial charge on any atom is -0.394 e. The minimum absolute atomic E-state index is 0.165. The Labute approximate surface area is 279 Å². The summed E-state index contributed by atoms with van der Waals surface area (Å²) < 4.78 is 0. The van der Waals surface area contributed by atoms with E-state index in [9.17, 15) is 20.1 Å². The molecule has 0 aliphatic carbocycles. The summed E-state index contributed by atoms with van der Waals surface area (Å²) in [5.74, 6) is -0.165. The number of aliphatic hydroxyl groups excluding tert-OH is 3. The van der Waals surface area contributed by atoms with Gasteiger partial charge in [-0.3, -0.25) is 4.79 Å². The zero-order valence-electron chi connectivity index (χ0n) is 29.7. The molecule has 5 nitrogen and oxygen atoms in total. The summed E-state index contributed by atoms with van der Waals surface area (Å²) in [4.78, 5) is 12.4. The Kier molecular flexibility index (Phi) is 34.3. The molecule has 0 aromatic heterocycles. The molecule has 0 saturated carbocycles. The van der Waals surface area contributed by atoms with Crippen molar-refractivity contribution in [2.24, 2.45) is 0 Å². The molecule has 0 aliphatic rings. The van der Waals surface area contributed by atoms with Crippen molar-refractivity contribution in [2.45, 2.75) is 205 Å². The third-order valence-corrected chi connectivity index (χ3v) is 8.69. The third-order valence-electron chi connectivity index (χ3n) is 8.69. The highest BCUT2D eigenvalue weighted by Crippen LogP contribution is 2.13. The maximum atomic E-state index is 12.4. The third kappa shape index (κ3) is 31.0. The molecule has 45 heavy (non-hydrogen) atoms. The minimum atomic E-state index is -1.17. The molecule has 0 bridgehead atoms. The molecular formula is C40H75NO4. The Balaban J connectivity index is 3.72. The van der Waals surface area contributed by atoms with Gasteiger partial charge in [0.25, 0.3) is 0 Å². The first-order valence-electron chi connectivity index (χ1n) is 19.3. The highest BCUT2D eigenvalue weighted by Gasteiger charge is 2.26. The maximum absolute atomic E-state index is 12.4. The van der Waals surface area contributed by atoms with Crippen LogP contribution in [0.4, 0.5) is 0 Å². The van der Waals surface area contributed by atoms with Crippen LogP contribution in [0.2, 0.25) is 0 Å². The number of allylic oxidation sites excluding steroid dienone is 6. The van der Waals surface area contributed by atoms with E-state index in [0.29, 0.717) is 12.8 Å². The summed E-state index contributed by atoms with van der Waals surface area (Å²) in [5, 5.41) is 33.3. The van der Waals surface area contributed by atoms with Gasteiger partial charge in [0.1, 0.15) is 6.10 Å². The van der Waals surface area contributed by atoms with Gasteiger partial charge in [0.05, 0.1) is 18.8 Å². The van der Waals surface area contributed by atoms with Crippen LogP contribution in [-0.2, 0) is 4.79 Å². The second kappa shape index (κ2) is 35.4. The van der Waals surface area contributed by atoms with Crippen LogP contribution in [0.1, 0.15) is 187 Å². The summed E-state index contributed by atoms with van der Waals surface area (Å²) in [6, 6.07) is -0.832. The zero-order valence-corrected chi connectivity index (χ0v) is 29.7. The van der Waals surface area contributed by atoms with Crippen LogP contribution in [0, 0.1) is 0 Å². The predicted molar refractivity (Wildman–Crippen MR) is 194 cm³/mol. The SMILES string of the molecule is CCCCC/C=C/CC/C=C/CCCC(O)C(O)C(CO)NC(=O)CCCCCCCCC/C=C\CCCCCCCCCC. The van der Waals surface area contributed by atoms with Gasteiger partial charge in [-0.05, 0) is 77.0 Å². The van der Waals surface area contributed by atoms with E-state index in [1.54, 1.807) is 0 Å². The lowest BCUT2D eigenvalue weighted by Crippen LogP contribution is -2.50. The molecule has 0 spiro atoms. The molecule has 0 aromatic carbocycles. The van der Waals surface area contributed by atoms with Crippen molar-refractivity contribution >= 4 is 5.91 Å². The number of hydrogen-bond donors (Lipinski definition) is 4. The van der Waals surface area contributed by atoms with Gasteiger partial charge in [-0.25, -0.2) is 0 Å². The Morgan fingerprint density at radius 2 is 0.911 bits per heavy atom. The van der Waals surface area contributed by atoms with E-state index in [-0.39, 0.29) is 12.5 Å². The molecule has 0 saturated heterocycles. The number of carbonyl (C=O) groups excluding carboxylic acids is 1. The molecule has 1 amide bonds. The number of hydrogen-bond acceptors (Lipinski definition) is 4. The first-order valence-corrected chi connectivity index (χ1v) is 19.3. The number of nitrogens with one attached hydrogen (secondary N) is 1. The Morgan fingerprint density at radius 1 is 0.533 bits per heavy atom. The lowest BCUT2D eigenvalue weighted by Gasteiger charge is -2.26. The van der Waals surface area contributed by atoms with Gasteiger partial charge < -0.3 is 20.6 Å². The number of aliphatic hydroxyl groups is 3. The van der Waals surface area contributed by atoms with Crippen LogP contribution in [-0.4, -0.2) is 46.1 Å². The van der Waals surface area contributed by atoms with E-state index in [2.05, 4.69) is 55.6 Å². The van der Waals surface area contributed by atoms with Gasteiger partial charge in [0, 0.05) is 6.42 Å². The molecule has 0 heterocycles. The van der Waals surface area contributed by atoms with Crippen LogP contribution in [0.3, 0.4) is 0 Å². The average Bonchev–Trinajstić information content (AvgIpc) is 3.04. The molecule has 0 aliphatic heterocycles. The van der Waals surface area contributed by atoms with Crippen LogP contribution >= 0.6 is 0 Å². The highest BCUT2D eigenvalue weighted by molar-refractivity contribution is 5.76. The fourth-order valence-electron chi connectivity index (χ4n) is 5.64. The number of amides is 1. The lowest BCUT2D eigenvalue weighted by molar-refractivity contribution is -0.124. The first-order chi connectivity index (χ1) is 22.1. The summed E-state index contributed by atoms with van der Waals surface area (Å²) in [6.07, 6.45) is 42.4. The molecule has 5 heteroatoms. The molecule has 0 rings (SSSR count). The average molecular weight is 634 g/mol. The van der Waals surface area contributed by atoms with Crippen molar-refractivity contribution in [3.8, 4) is 0 Å². The monoisotopic (exact) mass is 634 g/mol. The van der Waals surface area contributed by atoms with Crippen molar-refractivity contribution < 1.29 is 20.1 Å². The lowest BCUT2D eigenvalue weighted by atomic mass is 10.0. The Hall–Kier alpha value is -1.43. The quantitative estimate of drug-likeness (QED) is 0.0419. The first kappa shape index (κ1) is 43.6. The van der Waals surface area contributed by atoms with E-state index in [1.807, 2.05) is 0 Å². The van der Waals surface area contributed by atoms with Crippen molar-refractivity contribution in [1.82, 2.24) is 5.32 Å². The Bertz CT molecular complexity index is 704. The smallest absolute Gasteiger partial charge is 0.220 e. The molecule has 0 aromatic rings. The summed E-state index contributed by atoms with van der Waals surface area (Å²) in [6.45, 7) is 4.11. The maximum Gasteiger partial charge on any atom is 0.220 e. The van der Waals surface area contributed by atoms with Gasteiger partial charge in [-0.15, -0.1) is 0 Å². The highest BCUT2D eigenvalue weighted by atomic mass is 16.3. The van der Waals surface area contributed by atoms with Crippen LogP contribution in [0.5, 0.6) is 0 Å². The molecule has 0 fully saturated rings. The van der Waals surface area contributed by atoms with Crippen LogP contribution < -0.4 is 5.32 Å². The van der Waals surface area contributed by atoms with E-state index >= 15 is 0 Å². The van der Waals surface area contributed by atoms with Crippen LogP contribution in [0.25, 0.3) is 0 Å². The molecule has 0 radical (unpaired) electrons.